The van der Waals surface area contributed by atoms with E-state index in [1.165, 1.54) is 4.90 Å². The number of hydrogen-bond acceptors (Lipinski definition) is 9. The Balaban J connectivity index is 0.000000330. The van der Waals surface area contributed by atoms with E-state index >= 15 is 0 Å². The van der Waals surface area contributed by atoms with Gasteiger partial charge in [0.1, 0.15) is 0 Å². The third-order valence-electron chi connectivity index (χ3n) is 8.80. The summed E-state index contributed by atoms with van der Waals surface area (Å²) >= 11 is 0. The number of carbonyl (C=O) groups excluding carboxylic acids is 4. The van der Waals surface area contributed by atoms with Crippen LogP contribution in [0.25, 0.3) is 0 Å². The minimum absolute atomic E-state index is 0.00573. The largest absolute Gasteiger partial charge is 0.450 e. The highest BCUT2D eigenvalue weighted by Crippen LogP contribution is 2.35. The molecule has 0 bridgehead atoms. The van der Waals surface area contributed by atoms with E-state index in [2.05, 4.69) is 49.3 Å². The standard InChI is InChI=1S/C15H29N3O5SSi.C15H31N3O3Si/c1-17(2)14(19)11-6-7-13-12(10-11)16-24(21,22)18(13)15(20)23-8-9-25(3,4)5;1-18(2)14(19)11-6-7-13(12(16)10-11)17-15(20)21-8-9-22(3,4)5/h11-13,16H,6-10H2,1-5H3;11-13H,6-10,16H2,1-5H3,(H,17,20)/t2*11-,12+,13-/m00/s1. The van der Waals surface area contributed by atoms with Gasteiger partial charge in [0.05, 0.1) is 19.3 Å². The average Bonchev–Trinajstić information content (AvgIpc) is 3.20. The van der Waals surface area contributed by atoms with Crippen LogP contribution in [0.2, 0.25) is 51.4 Å². The maximum atomic E-state index is 12.4. The number of ether oxygens (including phenoxy) is 2. The van der Waals surface area contributed by atoms with Crippen LogP contribution in [0.15, 0.2) is 0 Å². The van der Waals surface area contributed by atoms with Gasteiger partial charge in [0.15, 0.2) is 0 Å². The number of amides is 4. The average molecular weight is 721 g/mol. The zero-order chi connectivity index (χ0) is 35.9. The van der Waals surface area contributed by atoms with Crippen molar-refractivity contribution in [2.75, 3.05) is 41.4 Å². The van der Waals surface area contributed by atoms with Gasteiger partial charge in [-0.15, -0.1) is 0 Å². The third-order valence-corrected chi connectivity index (χ3v) is 13.7. The number of alkyl carbamates (subject to hydrolysis) is 1. The van der Waals surface area contributed by atoms with E-state index in [1.54, 1.807) is 33.1 Å². The van der Waals surface area contributed by atoms with E-state index in [9.17, 15) is 27.6 Å². The van der Waals surface area contributed by atoms with Crippen LogP contribution in [0.3, 0.4) is 0 Å². The van der Waals surface area contributed by atoms with Crippen LogP contribution in [0.1, 0.15) is 38.5 Å². The Kier molecular flexibility index (Phi) is 14.8. The quantitative estimate of drug-likeness (QED) is 0.302. The lowest BCUT2D eigenvalue weighted by Crippen LogP contribution is -2.52. The molecule has 4 N–H and O–H groups in total. The first-order valence-electron chi connectivity index (χ1n) is 16.6. The van der Waals surface area contributed by atoms with Crippen molar-refractivity contribution < 1.29 is 37.1 Å². The molecule has 3 rings (SSSR count). The van der Waals surface area contributed by atoms with Crippen LogP contribution in [0.5, 0.6) is 0 Å². The number of nitrogens with zero attached hydrogens (tertiary/aromatic N) is 3. The van der Waals surface area contributed by atoms with Crippen molar-refractivity contribution in [3.05, 3.63) is 0 Å². The maximum absolute atomic E-state index is 12.4. The van der Waals surface area contributed by atoms with Gasteiger partial charge in [-0.05, 0) is 50.6 Å². The zero-order valence-corrected chi connectivity index (χ0v) is 32.9. The molecule has 1 heterocycles. The topological polar surface area (TPSA) is 181 Å². The Morgan fingerprint density at radius 3 is 1.79 bits per heavy atom. The molecule has 0 unspecified atom stereocenters. The molecule has 1 aliphatic heterocycles. The fourth-order valence-corrected chi connectivity index (χ4v) is 8.97. The van der Waals surface area contributed by atoms with Crippen molar-refractivity contribution >= 4 is 50.4 Å². The zero-order valence-electron chi connectivity index (χ0n) is 30.1. The normalized spacial score (nSPS) is 27.0. The van der Waals surface area contributed by atoms with Gasteiger partial charge >= 0.3 is 22.4 Å². The van der Waals surface area contributed by atoms with E-state index in [1.807, 2.05) is 0 Å². The minimum atomic E-state index is -3.91. The molecule has 0 radical (unpaired) electrons. The number of nitrogens with one attached hydrogen (secondary N) is 2. The van der Waals surface area contributed by atoms with Crippen molar-refractivity contribution in [2.24, 2.45) is 17.6 Å². The second-order valence-electron chi connectivity index (χ2n) is 15.9. The number of fused-ring (bicyclic) bond motifs is 1. The van der Waals surface area contributed by atoms with Crippen LogP contribution < -0.4 is 15.8 Å². The molecule has 2 aliphatic carbocycles. The van der Waals surface area contributed by atoms with Crippen LogP contribution in [-0.2, 0) is 29.3 Å². The van der Waals surface area contributed by atoms with Gasteiger partial charge in [0.25, 0.3) is 0 Å². The highest BCUT2D eigenvalue weighted by atomic mass is 32.2. The Morgan fingerprint density at radius 2 is 1.30 bits per heavy atom. The van der Waals surface area contributed by atoms with Gasteiger partial charge in [-0.1, -0.05) is 39.3 Å². The first-order valence-corrected chi connectivity index (χ1v) is 25.5. The van der Waals surface area contributed by atoms with E-state index in [0.29, 0.717) is 38.7 Å². The second kappa shape index (κ2) is 16.9. The molecule has 3 aliphatic rings. The van der Waals surface area contributed by atoms with Gasteiger partial charge in [-0.25, -0.2) is 9.59 Å². The third kappa shape index (κ3) is 13.0. The monoisotopic (exact) mass is 720 g/mol. The van der Waals surface area contributed by atoms with E-state index in [4.69, 9.17) is 15.2 Å². The summed E-state index contributed by atoms with van der Waals surface area (Å²) in [7, 11) is 0.424. The molecular weight excluding hydrogens is 661 g/mol. The molecular formula is C30H60N6O8SSi2. The van der Waals surface area contributed by atoms with Crippen molar-refractivity contribution in [1.29, 1.82) is 0 Å². The van der Waals surface area contributed by atoms with Crippen LogP contribution in [-0.4, -0.2) is 128 Å². The Bertz CT molecular complexity index is 1210. The molecule has 272 valence electrons. The summed E-state index contributed by atoms with van der Waals surface area (Å²) in [5.74, 6) is -0.145. The summed E-state index contributed by atoms with van der Waals surface area (Å²) in [5, 5.41) is 2.85. The van der Waals surface area contributed by atoms with Gasteiger partial charge < -0.3 is 30.3 Å². The second-order valence-corrected chi connectivity index (χ2v) is 28.7. The molecule has 0 spiro atoms. The SMILES string of the molecule is CN(C)C(=O)[C@H]1CC[C@H](NC(=O)OCC[Si](C)(C)C)[C@H](N)C1.CN(C)C(=O)[C@H]1CC[C@H]2[C@@H](C1)NS(=O)(=O)N2C(=O)OCC[Si](C)(C)C. The number of nitrogens with two attached hydrogens (primary N) is 1. The Hall–Kier alpha value is -2.22. The number of carbonyl (C=O) groups is 4. The molecule has 47 heavy (non-hydrogen) atoms. The lowest BCUT2D eigenvalue weighted by atomic mass is 9.82. The highest BCUT2D eigenvalue weighted by molar-refractivity contribution is 7.88. The van der Waals surface area contributed by atoms with Crippen molar-refractivity contribution in [1.82, 2.24) is 24.1 Å². The van der Waals surface area contributed by atoms with Gasteiger partial charge in [0, 0.05) is 74.3 Å². The Labute approximate surface area is 284 Å². The van der Waals surface area contributed by atoms with Crippen LogP contribution >= 0.6 is 0 Å². The summed E-state index contributed by atoms with van der Waals surface area (Å²) in [6, 6.07) is 0.523. The van der Waals surface area contributed by atoms with E-state index in [0.717, 1.165) is 22.8 Å². The number of hydrogen-bond donors (Lipinski definition) is 3. The fourth-order valence-electron chi connectivity index (χ4n) is 5.94. The predicted octanol–water partition coefficient (Wildman–Crippen LogP) is 2.87. The predicted molar refractivity (Wildman–Crippen MR) is 187 cm³/mol. The number of rotatable bonds is 9. The maximum Gasteiger partial charge on any atom is 0.424 e. The summed E-state index contributed by atoms with van der Waals surface area (Å²) in [5.41, 5.74) is 6.12. The van der Waals surface area contributed by atoms with Crippen LogP contribution in [0, 0.1) is 11.8 Å². The molecule has 17 heteroatoms. The van der Waals surface area contributed by atoms with Gasteiger partial charge in [-0.2, -0.15) is 17.4 Å². The van der Waals surface area contributed by atoms with Gasteiger partial charge in [0.2, 0.25) is 11.8 Å². The van der Waals surface area contributed by atoms with Crippen molar-refractivity contribution in [3.63, 3.8) is 0 Å². The van der Waals surface area contributed by atoms with Crippen molar-refractivity contribution in [3.8, 4) is 0 Å². The first-order chi connectivity index (χ1) is 21.5. The Morgan fingerprint density at radius 1 is 0.809 bits per heavy atom. The molecule has 3 fully saturated rings. The summed E-state index contributed by atoms with van der Waals surface area (Å²) in [6.45, 7) is 13.9. The molecule has 14 nitrogen and oxygen atoms in total. The smallest absolute Gasteiger partial charge is 0.424 e. The summed E-state index contributed by atoms with van der Waals surface area (Å²) in [6.07, 6.45) is 2.31. The molecule has 0 aromatic carbocycles. The first kappa shape index (κ1) is 41.0. The molecule has 1 saturated heterocycles. The highest BCUT2D eigenvalue weighted by Gasteiger charge is 2.51. The molecule has 0 aromatic heterocycles. The lowest BCUT2D eigenvalue weighted by molar-refractivity contribution is -0.135. The van der Waals surface area contributed by atoms with E-state index < -0.39 is 50.6 Å². The van der Waals surface area contributed by atoms with Crippen LogP contribution in [0.4, 0.5) is 9.59 Å². The minimum Gasteiger partial charge on any atom is -0.450 e. The van der Waals surface area contributed by atoms with E-state index in [-0.39, 0.29) is 42.3 Å². The summed E-state index contributed by atoms with van der Waals surface area (Å²) in [4.78, 5) is 51.4. The molecule has 6 atom stereocenters. The van der Waals surface area contributed by atoms with Crippen molar-refractivity contribution in [2.45, 2.75) is 114 Å². The molecule has 2 saturated carbocycles. The molecule has 0 aromatic rings. The van der Waals surface area contributed by atoms with Gasteiger partial charge in [-0.3, -0.25) is 9.59 Å². The lowest BCUT2D eigenvalue weighted by Gasteiger charge is -2.34. The fraction of sp³-hybridized carbons (Fsp3) is 0.867. The summed E-state index contributed by atoms with van der Waals surface area (Å²) < 4.78 is 38.6. The molecule has 4 amide bonds.